The molecule has 0 saturated heterocycles. The molecule has 0 unspecified atom stereocenters. The van der Waals surface area contributed by atoms with Gasteiger partial charge >= 0.3 is 17.9 Å². The fourth-order valence-electron chi connectivity index (χ4n) is 3.09. The van der Waals surface area contributed by atoms with Crippen LogP contribution in [0.5, 0.6) is 5.75 Å². The van der Waals surface area contributed by atoms with Crippen LogP contribution in [-0.2, 0) is 37.1 Å². The Morgan fingerprint density at radius 1 is 0.676 bits per heavy atom. The van der Waals surface area contributed by atoms with Crippen LogP contribution in [-0.4, -0.2) is 17.9 Å². The summed E-state index contributed by atoms with van der Waals surface area (Å²) < 4.78 is 15.6. The van der Waals surface area contributed by atoms with E-state index in [1.165, 1.54) is 6.08 Å². The van der Waals surface area contributed by atoms with Gasteiger partial charge in [0.05, 0.1) is 0 Å². The molecule has 3 aromatic rings. The molecule has 3 rings (SSSR count). The predicted molar refractivity (Wildman–Crippen MR) is 142 cm³/mol. The maximum Gasteiger partial charge on any atom is 0.336 e. The van der Waals surface area contributed by atoms with Gasteiger partial charge in [0, 0.05) is 17.2 Å². The van der Waals surface area contributed by atoms with Crippen LogP contribution >= 0.6 is 0 Å². The summed E-state index contributed by atoms with van der Waals surface area (Å²) in [5, 5.41) is 0. The standard InChI is InChI=1S/C31H28O6/c1-21(2)30(33)35-19-24-7-14-27(15-8-24)26-12-5-23(6-13-26)11-18-29(32)37-28-16-9-25(10-17-28)20-36-31(34)22(3)4/h5-18H,1,3,19-20H2,2,4H3/b18-11+. The Bertz CT molecular complexity index is 1310. The van der Waals surface area contributed by atoms with Crippen molar-refractivity contribution < 1.29 is 28.6 Å². The molecule has 6 nitrogen and oxygen atoms in total. The lowest BCUT2D eigenvalue weighted by Crippen LogP contribution is -2.05. The van der Waals surface area contributed by atoms with Gasteiger partial charge in [0.25, 0.3) is 0 Å². The van der Waals surface area contributed by atoms with Crippen molar-refractivity contribution in [1.82, 2.24) is 0 Å². The zero-order chi connectivity index (χ0) is 26.8. The van der Waals surface area contributed by atoms with E-state index in [9.17, 15) is 14.4 Å². The van der Waals surface area contributed by atoms with Crippen molar-refractivity contribution in [2.75, 3.05) is 0 Å². The molecule has 0 radical (unpaired) electrons. The number of carbonyl (C=O) groups is 3. The molecule has 0 saturated carbocycles. The van der Waals surface area contributed by atoms with Crippen LogP contribution in [0.2, 0.25) is 0 Å². The lowest BCUT2D eigenvalue weighted by Gasteiger charge is -2.07. The van der Waals surface area contributed by atoms with Gasteiger partial charge in [0.1, 0.15) is 19.0 Å². The summed E-state index contributed by atoms with van der Waals surface area (Å²) in [6.45, 7) is 10.6. The summed E-state index contributed by atoms with van der Waals surface area (Å²) >= 11 is 0. The molecule has 0 aliphatic rings. The summed E-state index contributed by atoms with van der Waals surface area (Å²) in [4.78, 5) is 35.2. The van der Waals surface area contributed by atoms with E-state index in [0.717, 1.165) is 27.8 Å². The molecule has 0 spiro atoms. The third kappa shape index (κ3) is 8.47. The topological polar surface area (TPSA) is 78.9 Å². The van der Waals surface area contributed by atoms with Gasteiger partial charge in [0.2, 0.25) is 0 Å². The molecule has 0 amide bonds. The fraction of sp³-hybridized carbons (Fsp3) is 0.129. The number of hydrogen-bond acceptors (Lipinski definition) is 6. The summed E-state index contributed by atoms with van der Waals surface area (Å²) in [5.41, 5.74) is 5.23. The Morgan fingerprint density at radius 3 is 1.57 bits per heavy atom. The zero-order valence-corrected chi connectivity index (χ0v) is 20.9. The molecule has 0 fully saturated rings. The van der Waals surface area contributed by atoms with E-state index in [0.29, 0.717) is 16.9 Å². The first-order chi connectivity index (χ1) is 17.7. The molecule has 37 heavy (non-hydrogen) atoms. The normalized spacial score (nSPS) is 10.5. The second-order valence-electron chi connectivity index (χ2n) is 8.43. The summed E-state index contributed by atoms with van der Waals surface area (Å²) in [5.74, 6) is -0.981. The molecule has 188 valence electrons. The third-order valence-electron chi connectivity index (χ3n) is 5.19. The number of carbonyl (C=O) groups excluding carboxylic acids is 3. The molecular weight excluding hydrogens is 468 g/mol. The van der Waals surface area contributed by atoms with Crippen molar-refractivity contribution in [3.63, 3.8) is 0 Å². The molecule has 0 atom stereocenters. The number of rotatable bonds is 10. The molecule has 0 N–H and O–H groups in total. The van der Waals surface area contributed by atoms with Crippen LogP contribution in [0.3, 0.4) is 0 Å². The number of esters is 3. The van der Waals surface area contributed by atoms with E-state index in [-0.39, 0.29) is 13.2 Å². The van der Waals surface area contributed by atoms with Crippen molar-refractivity contribution in [1.29, 1.82) is 0 Å². The van der Waals surface area contributed by atoms with Gasteiger partial charge in [-0.2, -0.15) is 0 Å². The second kappa shape index (κ2) is 12.8. The number of ether oxygens (including phenoxy) is 3. The summed E-state index contributed by atoms with van der Waals surface area (Å²) in [7, 11) is 0. The second-order valence-corrected chi connectivity index (χ2v) is 8.43. The largest absolute Gasteiger partial charge is 0.457 e. The smallest absolute Gasteiger partial charge is 0.336 e. The molecule has 0 bridgehead atoms. The van der Waals surface area contributed by atoms with Crippen LogP contribution in [0.25, 0.3) is 17.2 Å². The van der Waals surface area contributed by atoms with E-state index in [4.69, 9.17) is 14.2 Å². The minimum atomic E-state index is -0.506. The maximum absolute atomic E-state index is 12.2. The third-order valence-corrected chi connectivity index (χ3v) is 5.19. The summed E-state index contributed by atoms with van der Waals surface area (Å²) in [6, 6.07) is 22.2. The van der Waals surface area contributed by atoms with Crippen LogP contribution in [0.1, 0.15) is 30.5 Å². The average Bonchev–Trinajstić information content (AvgIpc) is 2.90. The van der Waals surface area contributed by atoms with Crippen LogP contribution in [0.4, 0.5) is 0 Å². The Morgan fingerprint density at radius 2 is 1.11 bits per heavy atom. The van der Waals surface area contributed by atoms with Crippen molar-refractivity contribution in [2.45, 2.75) is 27.1 Å². The summed E-state index contributed by atoms with van der Waals surface area (Å²) in [6.07, 6.45) is 3.04. The quantitative estimate of drug-likeness (QED) is 0.189. The molecule has 0 aromatic heterocycles. The van der Waals surface area contributed by atoms with Crippen molar-refractivity contribution >= 4 is 24.0 Å². The first-order valence-corrected chi connectivity index (χ1v) is 11.5. The van der Waals surface area contributed by atoms with Crippen molar-refractivity contribution in [3.8, 4) is 16.9 Å². The van der Waals surface area contributed by atoms with Crippen LogP contribution < -0.4 is 4.74 Å². The van der Waals surface area contributed by atoms with Gasteiger partial charge in [0.15, 0.2) is 0 Å². The number of hydrogen-bond donors (Lipinski definition) is 0. The Balaban J connectivity index is 1.51. The van der Waals surface area contributed by atoms with Gasteiger partial charge < -0.3 is 14.2 Å². The highest BCUT2D eigenvalue weighted by Gasteiger charge is 2.06. The monoisotopic (exact) mass is 496 g/mol. The van der Waals surface area contributed by atoms with Crippen molar-refractivity contribution in [3.05, 3.63) is 120 Å². The zero-order valence-electron chi connectivity index (χ0n) is 20.9. The Labute approximate surface area is 216 Å². The maximum atomic E-state index is 12.2. The van der Waals surface area contributed by atoms with E-state index in [1.807, 2.05) is 48.5 Å². The lowest BCUT2D eigenvalue weighted by molar-refractivity contribution is -0.141. The SMILES string of the molecule is C=C(C)C(=O)OCc1ccc(OC(=O)/C=C/c2ccc(-c3ccc(COC(=O)C(=C)C)cc3)cc2)cc1. The van der Waals surface area contributed by atoms with Crippen LogP contribution in [0, 0.1) is 0 Å². The van der Waals surface area contributed by atoms with Gasteiger partial charge in [-0.15, -0.1) is 0 Å². The first kappa shape index (κ1) is 26.9. The molecule has 0 aliphatic carbocycles. The van der Waals surface area contributed by atoms with Gasteiger partial charge in [-0.05, 0) is 59.9 Å². The molecule has 6 heteroatoms. The highest BCUT2D eigenvalue weighted by molar-refractivity contribution is 5.89. The molecule has 3 aromatic carbocycles. The van der Waals surface area contributed by atoms with Crippen molar-refractivity contribution in [2.24, 2.45) is 0 Å². The molecule has 0 aliphatic heterocycles. The minimum Gasteiger partial charge on any atom is -0.457 e. The van der Waals surface area contributed by atoms with E-state index >= 15 is 0 Å². The Hall–Kier alpha value is -4.71. The van der Waals surface area contributed by atoms with Crippen LogP contribution in [0.15, 0.2) is 103 Å². The van der Waals surface area contributed by atoms with E-state index in [2.05, 4.69) is 13.2 Å². The van der Waals surface area contributed by atoms with Gasteiger partial charge in [-0.3, -0.25) is 0 Å². The molecular formula is C31H28O6. The highest BCUT2D eigenvalue weighted by Crippen LogP contribution is 2.21. The first-order valence-electron chi connectivity index (χ1n) is 11.5. The van der Waals surface area contributed by atoms with Gasteiger partial charge in [-0.1, -0.05) is 73.8 Å². The van der Waals surface area contributed by atoms with E-state index < -0.39 is 17.9 Å². The minimum absolute atomic E-state index is 0.116. The Kier molecular flexibility index (Phi) is 9.33. The van der Waals surface area contributed by atoms with Gasteiger partial charge in [-0.25, -0.2) is 14.4 Å². The highest BCUT2D eigenvalue weighted by atomic mass is 16.5. The number of benzene rings is 3. The molecule has 0 heterocycles. The average molecular weight is 497 g/mol. The predicted octanol–water partition coefficient (Wildman–Crippen LogP) is 6.21. The van der Waals surface area contributed by atoms with E-state index in [1.54, 1.807) is 44.2 Å². The lowest BCUT2D eigenvalue weighted by atomic mass is 10.0. The fourth-order valence-corrected chi connectivity index (χ4v) is 3.09.